The van der Waals surface area contributed by atoms with Crippen molar-refractivity contribution >= 4 is 6.21 Å². The van der Waals surface area contributed by atoms with E-state index in [0.717, 1.165) is 5.56 Å². The minimum atomic E-state index is -0.0513. The highest BCUT2D eigenvalue weighted by Crippen LogP contribution is 2.13. The minimum Gasteiger partial charge on any atom is -0.507 e. The number of allylic oxidation sites excluding steroid dienone is 2. The van der Waals surface area contributed by atoms with Gasteiger partial charge in [-0.1, -0.05) is 12.1 Å². The number of phenols is 1. The Morgan fingerprint density at radius 3 is 2.94 bits per heavy atom. The van der Waals surface area contributed by atoms with Gasteiger partial charge in [-0.2, -0.15) is 0 Å². The van der Waals surface area contributed by atoms with Crippen LogP contribution in [0.15, 0.2) is 53.2 Å². The van der Waals surface area contributed by atoms with Gasteiger partial charge in [-0.25, -0.2) is 0 Å². The molecule has 0 saturated carbocycles. The third kappa shape index (κ3) is 2.51. The highest BCUT2D eigenvalue weighted by atomic mass is 16.3. The van der Waals surface area contributed by atoms with Gasteiger partial charge in [0, 0.05) is 11.8 Å². The lowest BCUT2D eigenvalue weighted by Crippen LogP contribution is -2.22. The number of aromatic hydroxyl groups is 1. The maximum Gasteiger partial charge on any atom is 0.137 e. The number of nitrogens with one attached hydrogen (secondary N) is 1. The highest BCUT2D eigenvalue weighted by Gasteiger charge is 2.03. The molecule has 0 saturated heterocycles. The Kier molecular flexibility index (Phi) is 3.05. The highest BCUT2D eigenvalue weighted by molar-refractivity contribution is 5.83. The average molecular weight is 214 g/mol. The molecular formula is C13H14N2O. The number of benzene rings is 1. The Morgan fingerprint density at radius 2 is 2.19 bits per heavy atom. The Morgan fingerprint density at radius 1 is 1.38 bits per heavy atom. The second-order valence-corrected chi connectivity index (χ2v) is 3.69. The summed E-state index contributed by atoms with van der Waals surface area (Å²) in [6.07, 6.45) is 7.52. The number of hydrogen-bond acceptors (Lipinski definition) is 3. The van der Waals surface area contributed by atoms with Crippen molar-refractivity contribution in [2.45, 2.75) is 13.1 Å². The second kappa shape index (κ2) is 4.66. The van der Waals surface area contributed by atoms with Crippen LogP contribution >= 0.6 is 0 Å². The average Bonchev–Trinajstić information content (AvgIpc) is 2.28. The summed E-state index contributed by atoms with van der Waals surface area (Å²) < 4.78 is 0. The largest absolute Gasteiger partial charge is 0.507 e. The van der Waals surface area contributed by atoms with E-state index in [1.807, 2.05) is 37.4 Å². The molecule has 0 spiro atoms. The molecule has 2 N–H and O–H groups in total. The molecule has 1 atom stereocenters. The normalized spacial score (nSPS) is 19.6. The Hall–Kier alpha value is -2.03. The molecule has 1 aromatic carbocycles. The first-order chi connectivity index (χ1) is 7.75. The molecule has 1 aromatic rings. The molecule has 16 heavy (non-hydrogen) atoms. The number of aliphatic imine (C=N–C) groups is 1. The number of nitrogens with zero attached hydrogens (tertiary/aromatic N) is 1. The van der Waals surface area contributed by atoms with E-state index < -0.39 is 0 Å². The van der Waals surface area contributed by atoms with Gasteiger partial charge in [0.05, 0.1) is 0 Å². The second-order valence-electron chi connectivity index (χ2n) is 3.69. The standard InChI is InChI=1S/C13H14N2O/c1-10-6-7-14-13(8-10)15-9-11-4-2-3-5-12(11)16/h2-9,13-14,16H,1H3. The van der Waals surface area contributed by atoms with E-state index in [4.69, 9.17) is 0 Å². The van der Waals surface area contributed by atoms with Crippen molar-refractivity contribution in [2.24, 2.45) is 4.99 Å². The van der Waals surface area contributed by atoms with Gasteiger partial charge in [0.15, 0.2) is 0 Å². The summed E-state index contributed by atoms with van der Waals surface area (Å²) >= 11 is 0. The van der Waals surface area contributed by atoms with E-state index in [9.17, 15) is 5.11 Å². The molecule has 0 amide bonds. The van der Waals surface area contributed by atoms with Gasteiger partial charge in [0.2, 0.25) is 0 Å². The van der Waals surface area contributed by atoms with Crippen LogP contribution in [0, 0.1) is 0 Å². The molecule has 2 rings (SSSR count). The Labute approximate surface area is 94.8 Å². The number of hydrogen-bond donors (Lipinski definition) is 2. The molecule has 0 radical (unpaired) electrons. The van der Waals surface area contributed by atoms with Crippen molar-refractivity contribution in [3.8, 4) is 5.75 Å². The summed E-state index contributed by atoms with van der Waals surface area (Å²) in [7, 11) is 0. The van der Waals surface area contributed by atoms with Crippen molar-refractivity contribution < 1.29 is 5.11 Å². The summed E-state index contributed by atoms with van der Waals surface area (Å²) in [4.78, 5) is 4.34. The maximum absolute atomic E-state index is 9.55. The van der Waals surface area contributed by atoms with Crippen LogP contribution in [-0.4, -0.2) is 17.5 Å². The molecule has 3 heteroatoms. The van der Waals surface area contributed by atoms with Crippen LogP contribution in [0.3, 0.4) is 0 Å². The van der Waals surface area contributed by atoms with Gasteiger partial charge in [-0.05, 0) is 43.0 Å². The molecule has 0 aromatic heterocycles. The summed E-state index contributed by atoms with van der Waals surface area (Å²) in [5.41, 5.74) is 1.91. The van der Waals surface area contributed by atoms with Gasteiger partial charge < -0.3 is 10.4 Å². The number of rotatable bonds is 2. The number of phenolic OH excluding ortho intramolecular Hbond substituents is 1. The first-order valence-corrected chi connectivity index (χ1v) is 5.18. The molecule has 1 aliphatic rings. The Balaban J connectivity index is 2.11. The SMILES string of the molecule is CC1=CC(N=Cc2ccccc2O)NC=C1. The van der Waals surface area contributed by atoms with Crippen LogP contribution in [0.5, 0.6) is 5.75 Å². The summed E-state index contributed by atoms with van der Waals surface area (Å²) in [5, 5.41) is 12.7. The van der Waals surface area contributed by atoms with Crippen LogP contribution < -0.4 is 5.32 Å². The molecule has 1 unspecified atom stereocenters. The molecular weight excluding hydrogens is 200 g/mol. The first-order valence-electron chi connectivity index (χ1n) is 5.18. The molecule has 3 nitrogen and oxygen atoms in total. The molecule has 1 heterocycles. The van der Waals surface area contributed by atoms with E-state index in [0.29, 0.717) is 0 Å². The third-order valence-corrected chi connectivity index (χ3v) is 2.34. The zero-order chi connectivity index (χ0) is 11.4. The van der Waals surface area contributed by atoms with Crippen LogP contribution in [0.1, 0.15) is 12.5 Å². The van der Waals surface area contributed by atoms with Crippen molar-refractivity contribution in [3.05, 3.63) is 53.8 Å². The quantitative estimate of drug-likeness (QED) is 0.741. The molecule has 0 aliphatic carbocycles. The van der Waals surface area contributed by atoms with Crippen LogP contribution in [0.4, 0.5) is 0 Å². The zero-order valence-electron chi connectivity index (χ0n) is 9.09. The monoisotopic (exact) mass is 214 g/mol. The smallest absolute Gasteiger partial charge is 0.137 e. The summed E-state index contributed by atoms with van der Waals surface area (Å²) in [5.74, 6) is 0.248. The van der Waals surface area contributed by atoms with Gasteiger partial charge in [-0.3, -0.25) is 4.99 Å². The summed E-state index contributed by atoms with van der Waals surface area (Å²) in [6, 6.07) is 7.14. The van der Waals surface area contributed by atoms with E-state index >= 15 is 0 Å². The van der Waals surface area contributed by atoms with Gasteiger partial charge >= 0.3 is 0 Å². The fraction of sp³-hybridized carbons (Fsp3) is 0.154. The predicted octanol–water partition coefficient (Wildman–Crippen LogP) is 2.20. The maximum atomic E-state index is 9.55. The van der Waals surface area contributed by atoms with Gasteiger partial charge in [0.1, 0.15) is 11.9 Å². The Bertz CT molecular complexity index is 461. The van der Waals surface area contributed by atoms with E-state index in [1.165, 1.54) is 5.57 Å². The molecule has 0 fully saturated rings. The van der Waals surface area contributed by atoms with E-state index in [2.05, 4.69) is 10.3 Å². The van der Waals surface area contributed by atoms with Crippen molar-refractivity contribution in [2.75, 3.05) is 0 Å². The number of dihydropyridines is 1. The molecule has 1 aliphatic heterocycles. The van der Waals surface area contributed by atoms with Crippen molar-refractivity contribution in [1.82, 2.24) is 5.32 Å². The molecule has 82 valence electrons. The van der Waals surface area contributed by atoms with E-state index in [-0.39, 0.29) is 11.9 Å². The fourth-order valence-corrected chi connectivity index (χ4v) is 1.47. The first kappa shape index (κ1) is 10.5. The molecule has 0 bridgehead atoms. The van der Waals surface area contributed by atoms with Crippen LogP contribution in [0.25, 0.3) is 0 Å². The summed E-state index contributed by atoms with van der Waals surface area (Å²) in [6.45, 7) is 2.03. The third-order valence-electron chi connectivity index (χ3n) is 2.34. The van der Waals surface area contributed by atoms with Gasteiger partial charge in [-0.15, -0.1) is 0 Å². The predicted molar refractivity (Wildman–Crippen MR) is 65.5 cm³/mol. The van der Waals surface area contributed by atoms with Gasteiger partial charge in [0.25, 0.3) is 0 Å². The topological polar surface area (TPSA) is 44.6 Å². The van der Waals surface area contributed by atoms with Crippen LogP contribution in [0.2, 0.25) is 0 Å². The lowest BCUT2D eigenvalue weighted by molar-refractivity contribution is 0.474. The minimum absolute atomic E-state index is 0.0513. The lowest BCUT2D eigenvalue weighted by Gasteiger charge is -2.13. The van der Waals surface area contributed by atoms with E-state index in [1.54, 1.807) is 18.3 Å². The number of para-hydroxylation sites is 1. The van der Waals surface area contributed by atoms with Crippen molar-refractivity contribution in [1.29, 1.82) is 0 Å². The van der Waals surface area contributed by atoms with Crippen molar-refractivity contribution in [3.63, 3.8) is 0 Å². The lowest BCUT2D eigenvalue weighted by atomic mass is 10.2. The fourth-order valence-electron chi connectivity index (χ4n) is 1.47. The zero-order valence-corrected chi connectivity index (χ0v) is 9.09. The van der Waals surface area contributed by atoms with Crippen LogP contribution in [-0.2, 0) is 0 Å².